The minimum atomic E-state index is -0.270. The monoisotopic (exact) mass is 416 g/mol. The molecule has 2 heterocycles. The fourth-order valence-electron chi connectivity index (χ4n) is 2.56. The normalized spacial score (nSPS) is 11.1. The first-order valence-corrected chi connectivity index (χ1v) is 10.3. The summed E-state index contributed by atoms with van der Waals surface area (Å²) < 4.78 is 15.0. The first kappa shape index (κ1) is 18.2. The van der Waals surface area contributed by atoms with Gasteiger partial charge >= 0.3 is 0 Å². The maximum atomic E-state index is 13.1. The summed E-state index contributed by atoms with van der Waals surface area (Å²) in [6, 6.07) is 13.9. The molecular weight excluding hydrogens is 403 g/mol. The highest BCUT2D eigenvalue weighted by Crippen LogP contribution is 2.32. The molecule has 0 unspecified atom stereocenters. The Labute approximate surface area is 169 Å². The van der Waals surface area contributed by atoms with Crippen LogP contribution in [0.4, 0.5) is 4.39 Å². The summed E-state index contributed by atoms with van der Waals surface area (Å²) in [5.41, 5.74) is 2.73. The summed E-state index contributed by atoms with van der Waals surface area (Å²) in [4.78, 5) is 4.67. The Kier molecular flexibility index (Phi) is 5.24. The molecule has 0 saturated carbocycles. The fraction of sp³-hybridized carbons (Fsp3) is 0.105. The number of nitrogens with zero attached hydrogens (tertiary/aromatic N) is 4. The predicted octanol–water partition coefficient (Wildman–Crippen LogP) is 5.69. The number of benzene rings is 2. The average Bonchev–Trinajstić information content (AvgIpc) is 3.28. The van der Waals surface area contributed by atoms with E-state index in [1.807, 2.05) is 41.3 Å². The van der Waals surface area contributed by atoms with Gasteiger partial charge in [0.15, 0.2) is 11.0 Å². The zero-order valence-corrected chi connectivity index (χ0v) is 16.7. The van der Waals surface area contributed by atoms with Crippen molar-refractivity contribution in [3.8, 4) is 22.0 Å². The van der Waals surface area contributed by atoms with Gasteiger partial charge in [0.2, 0.25) is 0 Å². The lowest BCUT2D eigenvalue weighted by molar-refractivity contribution is 0.628. The van der Waals surface area contributed by atoms with Gasteiger partial charge < -0.3 is 4.57 Å². The summed E-state index contributed by atoms with van der Waals surface area (Å²) in [7, 11) is 1.90. The molecule has 136 valence electrons. The van der Waals surface area contributed by atoms with Crippen LogP contribution in [0.15, 0.2) is 59.1 Å². The van der Waals surface area contributed by atoms with Crippen molar-refractivity contribution in [1.82, 2.24) is 19.7 Å². The molecule has 0 spiro atoms. The van der Waals surface area contributed by atoms with Crippen LogP contribution in [-0.4, -0.2) is 19.7 Å². The molecule has 0 aliphatic rings. The van der Waals surface area contributed by atoms with Crippen molar-refractivity contribution in [1.29, 1.82) is 0 Å². The van der Waals surface area contributed by atoms with Crippen LogP contribution in [0.25, 0.3) is 22.0 Å². The second kappa shape index (κ2) is 7.80. The summed E-state index contributed by atoms with van der Waals surface area (Å²) in [5.74, 6) is 1.11. The Bertz CT molecular complexity index is 1080. The van der Waals surface area contributed by atoms with Crippen molar-refractivity contribution in [2.24, 2.45) is 7.05 Å². The highest BCUT2D eigenvalue weighted by Gasteiger charge is 2.13. The van der Waals surface area contributed by atoms with Gasteiger partial charge in [0.05, 0.1) is 10.7 Å². The minimum absolute atomic E-state index is 0.270. The fourth-order valence-corrected chi connectivity index (χ4v) is 4.61. The Balaban J connectivity index is 1.48. The van der Waals surface area contributed by atoms with Gasteiger partial charge in [-0.2, -0.15) is 0 Å². The van der Waals surface area contributed by atoms with E-state index in [2.05, 4.69) is 15.2 Å². The molecule has 2 aromatic heterocycles. The first-order valence-electron chi connectivity index (χ1n) is 8.09. The van der Waals surface area contributed by atoms with E-state index < -0.39 is 0 Å². The molecule has 4 aromatic rings. The lowest BCUT2D eigenvalue weighted by Crippen LogP contribution is -1.95. The van der Waals surface area contributed by atoms with Crippen LogP contribution in [0, 0.1) is 5.82 Å². The Hall–Kier alpha value is -2.22. The molecule has 2 aromatic carbocycles. The molecule has 0 aliphatic heterocycles. The van der Waals surface area contributed by atoms with Crippen molar-refractivity contribution >= 4 is 34.7 Å². The van der Waals surface area contributed by atoms with Crippen molar-refractivity contribution in [3.63, 3.8) is 0 Å². The predicted molar refractivity (Wildman–Crippen MR) is 109 cm³/mol. The number of rotatable bonds is 5. The van der Waals surface area contributed by atoms with Gasteiger partial charge in [-0.05, 0) is 30.3 Å². The highest BCUT2D eigenvalue weighted by molar-refractivity contribution is 7.98. The molecule has 0 atom stereocenters. The Morgan fingerprint density at radius 1 is 1.11 bits per heavy atom. The lowest BCUT2D eigenvalue weighted by Gasteiger charge is -2.03. The number of thioether (sulfide) groups is 1. The smallest absolute Gasteiger partial charge is 0.191 e. The minimum Gasteiger partial charge on any atom is -0.305 e. The Morgan fingerprint density at radius 2 is 1.89 bits per heavy atom. The van der Waals surface area contributed by atoms with Crippen molar-refractivity contribution in [2.45, 2.75) is 10.9 Å². The van der Waals surface area contributed by atoms with Gasteiger partial charge in [-0.25, -0.2) is 9.37 Å². The van der Waals surface area contributed by atoms with E-state index >= 15 is 0 Å². The molecule has 0 saturated heterocycles. The molecule has 0 bridgehead atoms. The number of aromatic nitrogens is 4. The first-order chi connectivity index (χ1) is 13.1. The van der Waals surface area contributed by atoms with Gasteiger partial charge in [-0.3, -0.25) is 0 Å². The maximum Gasteiger partial charge on any atom is 0.191 e. The lowest BCUT2D eigenvalue weighted by atomic mass is 10.2. The number of hydrogen-bond donors (Lipinski definition) is 0. The van der Waals surface area contributed by atoms with E-state index in [1.165, 1.54) is 12.1 Å². The Morgan fingerprint density at radius 3 is 2.67 bits per heavy atom. The molecule has 4 nitrogen and oxygen atoms in total. The van der Waals surface area contributed by atoms with Crippen LogP contribution in [0.2, 0.25) is 5.02 Å². The molecule has 0 radical (unpaired) electrons. The van der Waals surface area contributed by atoms with Gasteiger partial charge in [0, 0.05) is 29.3 Å². The molecule has 0 N–H and O–H groups in total. The zero-order valence-electron chi connectivity index (χ0n) is 14.3. The highest BCUT2D eigenvalue weighted by atomic mass is 35.5. The van der Waals surface area contributed by atoms with Gasteiger partial charge in [0.1, 0.15) is 10.8 Å². The third kappa shape index (κ3) is 3.90. The third-order valence-corrected chi connectivity index (χ3v) is 6.25. The third-order valence-electron chi connectivity index (χ3n) is 3.94. The van der Waals surface area contributed by atoms with E-state index in [9.17, 15) is 4.39 Å². The van der Waals surface area contributed by atoms with Crippen LogP contribution in [0.5, 0.6) is 0 Å². The van der Waals surface area contributed by atoms with Crippen LogP contribution in [0.3, 0.4) is 0 Å². The number of thiazole rings is 1. The summed E-state index contributed by atoms with van der Waals surface area (Å²) >= 11 is 9.38. The van der Waals surface area contributed by atoms with E-state index in [4.69, 9.17) is 11.6 Å². The standard InChI is InChI=1S/C19H14ClFN4S2/c1-25-17(12-6-8-13(21)9-7-12)23-24-19(25)27-11-14-10-26-18(22-14)15-4-2-3-5-16(15)20/h2-10H,11H2,1H3. The van der Waals surface area contributed by atoms with Crippen LogP contribution in [-0.2, 0) is 12.8 Å². The van der Waals surface area contributed by atoms with E-state index in [0.29, 0.717) is 16.6 Å². The molecule has 0 amide bonds. The molecular formula is C19H14ClFN4S2. The average molecular weight is 417 g/mol. The molecule has 8 heteroatoms. The second-order valence-electron chi connectivity index (χ2n) is 5.78. The van der Waals surface area contributed by atoms with E-state index in [1.54, 1.807) is 35.2 Å². The number of halogens is 2. The van der Waals surface area contributed by atoms with Crippen molar-refractivity contribution in [3.05, 3.63) is 70.4 Å². The van der Waals surface area contributed by atoms with Crippen LogP contribution in [0.1, 0.15) is 5.69 Å². The van der Waals surface area contributed by atoms with Crippen LogP contribution >= 0.6 is 34.7 Å². The van der Waals surface area contributed by atoms with Gasteiger partial charge in [0.25, 0.3) is 0 Å². The molecule has 0 fully saturated rings. The van der Waals surface area contributed by atoms with Crippen LogP contribution < -0.4 is 0 Å². The van der Waals surface area contributed by atoms with Gasteiger partial charge in [-0.1, -0.05) is 41.6 Å². The van der Waals surface area contributed by atoms with E-state index in [-0.39, 0.29) is 5.82 Å². The largest absolute Gasteiger partial charge is 0.305 e. The second-order valence-corrected chi connectivity index (χ2v) is 7.99. The van der Waals surface area contributed by atoms with Gasteiger partial charge in [-0.15, -0.1) is 21.5 Å². The topological polar surface area (TPSA) is 43.6 Å². The zero-order chi connectivity index (χ0) is 18.8. The van der Waals surface area contributed by atoms with E-state index in [0.717, 1.165) is 27.0 Å². The summed E-state index contributed by atoms with van der Waals surface area (Å²) in [6.45, 7) is 0. The SMILES string of the molecule is Cn1c(SCc2csc(-c3ccccc3Cl)n2)nnc1-c1ccc(F)cc1. The number of hydrogen-bond acceptors (Lipinski definition) is 5. The summed E-state index contributed by atoms with van der Waals surface area (Å²) in [6.07, 6.45) is 0. The molecule has 4 rings (SSSR count). The van der Waals surface area contributed by atoms with Crippen molar-refractivity contribution in [2.75, 3.05) is 0 Å². The molecule has 27 heavy (non-hydrogen) atoms. The maximum absolute atomic E-state index is 13.1. The van der Waals surface area contributed by atoms with Crippen molar-refractivity contribution < 1.29 is 4.39 Å². The summed E-state index contributed by atoms with van der Waals surface area (Å²) in [5, 5.41) is 12.9. The molecule has 0 aliphatic carbocycles. The quantitative estimate of drug-likeness (QED) is 0.392.